The standard InChI is InChI=1S/C16H23FN5O5P/c1-3-26-28(24,27-4-2)10-25-16(7-23)6-11(5-12(16)17)22-9-21-13-14(18)19-8-20-15(13)22/h5,8-9,11,23H,3-4,6-7,10H2,1-2H3,(H2,18,19,20)/t11-,16+/m0/s1. The monoisotopic (exact) mass is 415 g/mol. The molecule has 1 aliphatic carbocycles. The van der Waals surface area contributed by atoms with Gasteiger partial charge in [0.15, 0.2) is 11.5 Å². The fraction of sp³-hybridized carbons (Fsp3) is 0.562. The van der Waals surface area contributed by atoms with Crippen LogP contribution in [0.2, 0.25) is 0 Å². The SMILES string of the molecule is CCOP(=O)(CO[C@@]1(CO)C[C@@H](n2cnc3c(N)ncnc32)C=C1F)OCC. The van der Waals surface area contributed by atoms with E-state index < -0.39 is 38.0 Å². The molecule has 154 valence electrons. The van der Waals surface area contributed by atoms with E-state index in [0.717, 1.165) is 0 Å². The van der Waals surface area contributed by atoms with Crippen molar-refractivity contribution in [3.63, 3.8) is 0 Å². The zero-order valence-corrected chi connectivity index (χ0v) is 16.5. The van der Waals surface area contributed by atoms with Crippen LogP contribution in [0, 0.1) is 0 Å². The highest BCUT2D eigenvalue weighted by Gasteiger charge is 2.46. The summed E-state index contributed by atoms with van der Waals surface area (Å²) in [6.45, 7) is 2.98. The predicted octanol–water partition coefficient (Wildman–Crippen LogP) is 2.18. The topological polar surface area (TPSA) is 135 Å². The summed E-state index contributed by atoms with van der Waals surface area (Å²) in [5, 5.41) is 9.87. The number of ether oxygens (including phenoxy) is 1. The minimum atomic E-state index is -3.56. The van der Waals surface area contributed by atoms with Gasteiger partial charge in [0.1, 0.15) is 29.6 Å². The number of rotatable bonds is 9. The minimum absolute atomic E-state index is 0.0446. The number of hydrogen-bond donors (Lipinski definition) is 2. The Morgan fingerprint density at radius 3 is 2.71 bits per heavy atom. The largest absolute Gasteiger partial charge is 0.393 e. The van der Waals surface area contributed by atoms with Gasteiger partial charge in [-0.05, 0) is 19.9 Å². The number of nitrogens with two attached hydrogens (primary N) is 1. The molecule has 12 heteroatoms. The molecular formula is C16H23FN5O5P. The number of nitrogens with zero attached hydrogens (tertiary/aromatic N) is 4. The van der Waals surface area contributed by atoms with Crippen molar-refractivity contribution in [2.24, 2.45) is 0 Å². The first-order valence-corrected chi connectivity index (χ1v) is 10.5. The van der Waals surface area contributed by atoms with Crippen LogP contribution in [0.25, 0.3) is 11.2 Å². The number of halogens is 1. The molecule has 0 bridgehead atoms. The van der Waals surface area contributed by atoms with Crippen LogP contribution in [0.4, 0.5) is 10.2 Å². The Kier molecular flexibility index (Phi) is 6.11. The molecule has 2 aromatic rings. The number of aliphatic hydroxyl groups excluding tert-OH is 1. The molecule has 1 aliphatic rings. The van der Waals surface area contributed by atoms with E-state index in [9.17, 15) is 14.1 Å². The van der Waals surface area contributed by atoms with Gasteiger partial charge < -0.3 is 29.2 Å². The van der Waals surface area contributed by atoms with Crippen LogP contribution in [0.5, 0.6) is 0 Å². The van der Waals surface area contributed by atoms with E-state index in [4.69, 9.17) is 19.5 Å². The van der Waals surface area contributed by atoms with Gasteiger partial charge in [0.25, 0.3) is 0 Å². The Bertz CT molecular complexity index is 912. The van der Waals surface area contributed by atoms with Crippen molar-refractivity contribution in [2.75, 3.05) is 31.9 Å². The molecular weight excluding hydrogens is 392 g/mol. The lowest BCUT2D eigenvalue weighted by molar-refractivity contribution is -0.0555. The fourth-order valence-electron chi connectivity index (χ4n) is 3.13. The quantitative estimate of drug-likeness (QED) is 0.591. The molecule has 0 saturated heterocycles. The predicted molar refractivity (Wildman–Crippen MR) is 99.2 cm³/mol. The molecule has 0 radical (unpaired) electrons. The molecule has 0 aliphatic heterocycles. The zero-order valence-electron chi connectivity index (χ0n) is 15.6. The summed E-state index contributed by atoms with van der Waals surface area (Å²) in [4.78, 5) is 12.2. The van der Waals surface area contributed by atoms with Gasteiger partial charge in [-0.15, -0.1) is 0 Å². The molecule has 0 fully saturated rings. The summed E-state index contributed by atoms with van der Waals surface area (Å²) in [6.07, 6.45) is 3.64. The number of allylic oxidation sites excluding steroid dienone is 1. The van der Waals surface area contributed by atoms with Crippen molar-refractivity contribution in [3.05, 3.63) is 24.6 Å². The van der Waals surface area contributed by atoms with Crippen molar-refractivity contribution in [3.8, 4) is 0 Å². The van der Waals surface area contributed by atoms with Gasteiger partial charge in [-0.2, -0.15) is 0 Å². The van der Waals surface area contributed by atoms with Gasteiger partial charge in [-0.25, -0.2) is 19.3 Å². The highest BCUT2D eigenvalue weighted by molar-refractivity contribution is 7.53. The lowest BCUT2D eigenvalue weighted by Crippen LogP contribution is -2.37. The number of anilines is 1. The van der Waals surface area contributed by atoms with Gasteiger partial charge in [-0.1, -0.05) is 0 Å². The minimum Gasteiger partial charge on any atom is -0.393 e. The van der Waals surface area contributed by atoms with E-state index in [0.29, 0.717) is 11.2 Å². The summed E-state index contributed by atoms with van der Waals surface area (Å²) in [7, 11) is -3.56. The molecule has 2 atom stereocenters. The van der Waals surface area contributed by atoms with E-state index in [1.807, 2.05) is 0 Å². The van der Waals surface area contributed by atoms with Crippen LogP contribution in [0.1, 0.15) is 26.3 Å². The van der Waals surface area contributed by atoms with Crippen molar-refractivity contribution in [2.45, 2.75) is 31.9 Å². The molecule has 0 amide bonds. The second-order valence-corrected chi connectivity index (χ2v) is 8.24. The summed E-state index contributed by atoms with van der Waals surface area (Å²) >= 11 is 0. The van der Waals surface area contributed by atoms with E-state index in [2.05, 4.69) is 15.0 Å². The molecule has 0 aromatic carbocycles. The summed E-state index contributed by atoms with van der Waals surface area (Å²) in [6, 6.07) is -0.537. The maximum Gasteiger partial charge on any atom is 0.356 e. The van der Waals surface area contributed by atoms with Gasteiger partial charge in [0.2, 0.25) is 0 Å². The third-order valence-electron chi connectivity index (χ3n) is 4.46. The van der Waals surface area contributed by atoms with Crippen LogP contribution >= 0.6 is 7.60 Å². The lowest BCUT2D eigenvalue weighted by Gasteiger charge is -2.29. The van der Waals surface area contributed by atoms with Gasteiger partial charge in [-0.3, -0.25) is 4.57 Å². The average molecular weight is 415 g/mol. The molecule has 28 heavy (non-hydrogen) atoms. The van der Waals surface area contributed by atoms with Crippen LogP contribution in [0.15, 0.2) is 24.6 Å². The van der Waals surface area contributed by atoms with E-state index in [-0.39, 0.29) is 25.5 Å². The molecule has 2 heterocycles. The van der Waals surface area contributed by atoms with Crippen LogP contribution in [-0.4, -0.2) is 56.4 Å². The van der Waals surface area contributed by atoms with E-state index in [1.165, 1.54) is 18.7 Å². The van der Waals surface area contributed by atoms with Crippen molar-refractivity contribution in [1.29, 1.82) is 0 Å². The molecule has 3 N–H and O–H groups in total. The van der Waals surface area contributed by atoms with Crippen molar-refractivity contribution in [1.82, 2.24) is 19.5 Å². The van der Waals surface area contributed by atoms with Gasteiger partial charge >= 0.3 is 7.60 Å². The molecule has 0 saturated carbocycles. The Balaban J connectivity index is 1.83. The molecule has 2 aromatic heterocycles. The smallest absolute Gasteiger partial charge is 0.356 e. The third kappa shape index (κ3) is 3.81. The zero-order chi connectivity index (χ0) is 20.4. The van der Waals surface area contributed by atoms with Crippen LogP contribution in [-0.2, 0) is 18.3 Å². The number of aromatic nitrogens is 4. The first-order chi connectivity index (χ1) is 13.4. The van der Waals surface area contributed by atoms with E-state index >= 15 is 0 Å². The maximum absolute atomic E-state index is 14.8. The number of fused-ring (bicyclic) bond motifs is 1. The van der Waals surface area contributed by atoms with E-state index in [1.54, 1.807) is 18.4 Å². The highest BCUT2D eigenvalue weighted by Crippen LogP contribution is 2.51. The Morgan fingerprint density at radius 2 is 2.07 bits per heavy atom. The van der Waals surface area contributed by atoms with Gasteiger partial charge in [0.05, 0.1) is 32.2 Å². The fourth-order valence-corrected chi connectivity index (χ4v) is 4.54. The maximum atomic E-state index is 14.8. The lowest BCUT2D eigenvalue weighted by atomic mass is 10.0. The first-order valence-electron chi connectivity index (χ1n) is 8.81. The number of imidazole rings is 1. The summed E-state index contributed by atoms with van der Waals surface area (Å²) < 4.78 is 45.0. The molecule has 0 unspecified atom stereocenters. The second kappa shape index (κ2) is 8.22. The summed E-state index contributed by atoms with van der Waals surface area (Å²) in [5.41, 5.74) is 4.96. The molecule has 10 nitrogen and oxygen atoms in total. The summed E-state index contributed by atoms with van der Waals surface area (Å²) in [5.74, 6) is -0.464. The molecule has 0 spiro atoms. The highest BCUT2D eigenvalue weighted by atomic mass is 31.2. The normalized spacial score (nSPS) is 22.7. The van der Waals surface area contributed by atoms with Gasteiger partial charge in [0, 0.05) is 6.42 Å². The second-order valence-electron chi connectivity index (χ2n) is 6.24. The third-order valence-corrected chi connectivity index (χ3v) is 6.21. The van der Waals surface area contributed by atoms with Crippen molar-refractivity contribution < 1.29 is 27.8 Å². The number of nitrogen functional groups attached to an aromatic ring is 1. The van der Waals surface area contributed by atoms with Crippen LogP contribution in [0.3, 0.4) is 0 Å². The number of aliphatic hydroxyl groups is 1. The average Bonchev–Trinajstić information content (AvgIpc) is 3.23. The Morgan fingerprint density at radius 1 is 1.36 bits per heavy atom. The van der Waals surface area contributed by atoms with Crippen molar-refractivity contribution >= 4 is 24.6 Å². The van der Waals surface area contributed by atoms with Crippen LogP contribution < -0.4 is 5.73 Å². The Hall–Kier alpha value is -1.91. The Labute approximate surface area is 161 Å². The molecule has 3 rings (SSSR count). The first kappa shape index (κ1) is 20.8. The number of hydrogen-bond acceptors (Lipinski definition) is 9.